The molecular weight excluding hydrogens is 214 g/mol. The second-order valence-corrected chi connectivity index (χ2v) is 4.92. The molecule has 1 saturated heterocycles. The SMILES string of the molecule is c1nc(C2CCCCC2)cc(N2CCCO2)n1. The van der Waals surface area contributed by atoms with Crippen molar-refractivity contribution in [3.63, 3.8) is 0 Å². The molecule has 1 aromatic rings. The lowest BCUT2D eigenvalue weighted by Gasteiger charge is -2.22. The Morgan fingerprint density at radius 2 is 2.00 bits per heavy atom. The van der Waals surface area contributed by atoms with Gasteiger partial charge in [-0.25, -0.2) is 15.0 Å². The largest absolute Gasteiger partial charge is 0.272 e. The molecule has 17 heavy (non-hydrogen) atoms. The molecule has 0 spiro atoms. The molecule has 0 N–H and O–H groups in total. The van der Waals surface area contributed by atoms with Crippen LogP contribution in [0.3, 0.4) is 0 Å². The van der Waals surface area contributed by atoms with Crippen LogP contribution in [0, 0.1) is 0 Å². The average Bonchev–Trinajstić information content (AvgIpc) is 2.94. The molecular formula is C13H19N3O. The van der Waals surface area contributed by atoms with Gasteiger partial charge in [-0.1, -0.05) is 19.3 Å². The van der Waals surface area contributed by atoms with E-state index in [0.29, 0.717) is 5.92 Å². The van der Waals surface area contributed by atoms with E-state index in [1.807, 2.05) is 5.06 Å². The molecule has 2 fully saturated rings. The molecule has 0 unspecified atom stereocenters. The van der Waals surface area contributed by atoms with Crippen LogP contribution in [0.4, 0.5) is 5.82 Å². The molecule has 1 saturated carbocycles. The normalized spacial score (nSPS) is 22.0. The van der Waals surface area contributed by atoms with Crippen molar-refractivity contribution in [2.75, 3.05) is 18.2 Å². The van der Waals surface area contributed by atoms with Crippen LogP contribution in [0.15, 0.2) is 12.4 Å². The second-order valence-electron chi connectivity index (χ2n) is 4.92. The summed E-state index contributed by atoms with van der Waals surface area (Å²) in [5, 5.41) is 1.90. The highest BCUT2D eigenvalue weighted by molar-refractivity contribution is 5.37. The predicted octanol–water partition coefficient (Wildman–Crippen LogP) is 2.67. The number of rotatable bonds is 2. The minimum Gasteiger partial charge on any atom is -0.272 e. The van der Waals surface area contributed by atoms with E-state index in [2.05, 4.69) is 16.0 Å². The summed E-state index contributed by atoms with van der Waals surface area (Å²) in [7, 11) is 0. The monoisotopic (exact) mass is 233 g/mol. The fraction of sp³-hybridized carbons (Fsp3) is 0.692. The Labute approximate surface area is 102 Å². The van der Waals surface area contributed by atoms with Crippen molar-refractivity contribution < 1.29 is 4.84 Å². The number of aromatic nitrogens is 2. The van der Waals surface area contributed by atoms with Crippen LogP contribution >= 0.6 is 0 Å². The minimum atomic E-state index is 0.633. The van der Waals surface area contributed by atoms with E-state index in [0.717, 1.165) is 25.4 Å². The van der Waals surface area contributed by atoms with Gasteiger partial charge in [0.25, 0.3) is 0 Å². The zero-order valence-corrected chi connectivity index (χ0v) is 10.1. The number of hydroxylamine groups is 1. The Morgan fingerprint density at radius 1 is 1.12 bits per heavy atom. The van der Waals surface area contributed by atoms with Gasteiger partial charge in [0.05, 0.1) is 6.61 Å². The maximum absolute atomic E-state index is 5.52. The zero-order chi connectivity index (χ0) is 11.5. The number of anilines is 1. The number of hydrogen-bond donors (Lipinski definition) is 0. The van der Waals surface area contributed by atoms with Gasteiger partial charge in [0.2, 0.25) is 0 Å². The highest BCUT2D eigenvalue weighted by Crippen LogP contribution is 2.32. The highest BCUT2D eigenvalue weighted by Gasteiger charge is 2.20. The average molecular weight is 233 g/mol. The predicted molar refractivity (Wildman–Crippen MR) is 65.8 cm³/mol. The molecule has 3 rings (SSSR count). The van der Waals surface area contributed by atoms with Crippen molar-refractivity contribution in [3.8, 4) is 0 Å². The van der Waals surface area contributed by atoms with Crippen LogP contribution in [0.2, 0.25) is 0 Å². The van der Waals surface area contributed by atoms with Gasteiger partial charge >= 0.3 is 0 Å². The van der Waals surface area contributed by atoms with Gasteiger partial charge in [-0.05, 0) is 19.3 Å². The van der Waals surface area contributed by atoms with Crippen LogP contribution in [-0.2, 0) is 4.84 Å². The maximum Gasteiger partial charge on any atom is 0.155 e. The quantitative estimate of drug-likeness (QED) is 0.787. The summed E-state index contributed by atoms with van der Waals surface area (Å²) in [6.07, 6.45) is 9.37. The first-order chi connectivity index (χ1) is 8.43. The topological polar surface area (TPSA) is 38.2 Å². The van der Waals surface area contributed by atoms with E-state index in [9.17, 15) is 0 Å². The first kappa shape index (κ1) is 11.0. The number of nitrogens with zero attached hydrogens (tertiary/aromatic N) is 3. The fourth-order valence-corrected chi connectivity index (χ4v) is 2.75. The van der Waals surface area contributed by atoms with Crippen molar-refractivity contribution in [2.24, 2.45) is 0 Å². The molecule has 4 nitrogen and oxygen atoms in total. The third-order valence-corrected chi connectivity index (χ3v) is 3.71. The third-order valence-electron chi connectivity index (χ3n) is 3.71. The van der Waals surface area contributed by atoms with E-state index in [-0.39, 0.29) is 0 Å². The summed E-state index contributed by atoms with van der Waals surface area (Å²) in [5.41, 5.74) is 1.20. The molecule has 1 aromatic heterocycles. The van der Waals surface area contributed by atoms with Crippen molar-refractivity contribution in [3.05, 3.63) is 18.1 Å². The van der Waals surface area contributed by atoms with Crippen LogP contribution in [0.5, 0.6) is 0 Å². The Bertz CT molecular complexity index is 371. The van der Waals surface area contributed by atoms with Crippen LogP contribution < -0.4 is 5.06 Å². The molecule has 1 aliphatic heterocycles. The standard InChI is InChI=1S/C13H19N3O/c1-2-5-11(6-3-1)12-9-13(15-10-14-12)16-7-4-8-17-16/h9-11H,1-8H2. The van der Waals surface area contributed by atoms with Gasteiger partial charge in [-0.3, -0.25) is 4.84 Å². The van der Waals surface area contributed by atoms with Gasteiger partial charge in [-0.15, -0.1) is 0 Å². The summed E-state index contributed by atoms with van der Waals surface area (Å²) >= 11 is 0. The van der Waals surface area contributed by atoms with Gasteiger partial charge in [0.1, 0.15) is 6.33 Å². The fourth-order valence-electron chi connectivity index (χ4n) is 2.75. The second kappa shape index (κ2) is 5.00. The van der Waals surface area contributed by atoms with Crippen LogP contribution in [0.25, 0.3) is 0 Å². The van der Waals surface area contributed by atoms with E-state index >= 15 is 0 Å². The number of hydrogen-bond acceptors (Lipinski definition) is 4. The molecule has 0 aromatic carbocycles. The highest BCUT2D eigenvalue weighted by atomic mass is 16.7. The molecule has 2 heterocycles. The Morgan fingerprint density at radius 3 is 2.76 bits per heavy atom. The lowest BCUT2D eigenvalue weighted by molar-refractivity contribution is 0.166. The summed E-state index contributed by atoms with van der Waals surface area (Å²) in [5.74, 6) is 1.56. The van der Waals surface area contributed by atoms with Crippen LogP contribution in [0.1, 0.15) is 50.1 Å². The molecule has 0 radical (unpaired) electrons. The lowest BCUT2D eigenvalue weighted by Crippen LogP contribution is -2.18. The van der Waals surface area contributed by atoms with Gasteiger partial charge < -0.3 is 0 Å². The molecule has 2 aliphatic rings. The van der Waals surface area contributed by atoms with E-state index in [4.69, 9.17) is 4.84 Å². The van der Waals surface area contributed by atoms with Crippen molar-refractivity contribution >= 4 is 5.82 Å². The molecule has 1 aliphatic carbocycles. The Hall–Kier alpha value is -1.16. The van der Waals surface area contributed by atoms with Gasteiger partial charge in [0, 0.05) is 24.2 Å². The van der Waals surface area contributed by atoms with E-state index in [1.54, 1.807) is 6.33 Å². The van der Waals surface area contributed by atoms with E-state index in [1.165, 1.54) is 37.8 Å². The van der Waals surface area contributed by atoms with E-state index < -0.39 is 0 Å². The molecule has 92 valence electrons. The third kappa shape index (κ3) is 2.41. The molecule has 0 amide bonds. The maximum atomic E-state index is 5.52. The molecule has 0 bridgehead atoms. The smallest absolute Gasteiger partial charge is 0.155 e. The summed E-state index contributed by atoms with van der Waals surface area (Å²) in [6, 6.07) is 2.11. The van der Waals surface area contributed by atoms with Crippen molar-refractivity contribution in [1.29, 1.82) is 0 Å². The van der Waals surface area contributed by atoms with Crippen LogP contribution in [-0.4, -0.2) is 23.1 Å². The van der Waals surface area contributed by atoms with Gasteiger partial charge in [-0.2, -0.15) is 0 Å². The summed E-state index contributed by atoms with van der Waals surface area (Å²) < 4.78 is 0. The van der Waals surface area contributed by atoms with Crippen molar-refractivity contribution in [1.82, 2.24) is 9.97 Å². The first-order valence-electron chi connectivity index (χ1n) is 6.66. The zero-order valence-electron chi connectivity index (χ0n) is 10.1. The Balaban J connectivity index is 1.77. The summed E-state index contributed by atoms with van der Waals surface area (Å²) in [4.78, 5) is 14.3. The summed E-state index contributed by atoms with van der Waals surface area (Å²) in [6.45, 7) is 1.75. The van der Waals surface area contributed by atoms with Crippen molar-refractivity contribution in [2.45, 2.75) is 44.4 Å². The lowest BCUT2D eigenvalue weighted by atomic mass is 9.87. The molecule has 4 heteroatoms. The van der Waals surface area contributed by atoms with Gasteiger partial charge in [0.15, 0.2) is 5.82 Å². The molecule has 0 atom stereocenters. The minimum absolute atomic E-state index is 0.633. The Kier molecular flexibility index (Phi) is 3.22. The first-order valence-corrected chi connectivity index (χ1v) is 6.66.